The summed E-state index contributed by atoms with van der Waals surface area (Å²) in [5.74, 6) is -1.81. The van der Waals surface area contributed by atoms with Crippen molar-refractivity contribution in [2.45, 2.75) is 6.42 Å². The molecule has 0 fully saturated rings. The van der Waals surface area contributed by atoms with Crippen molar-refractivity contribution in [3.8, 4) is 0 Å². The third-order valence-electron chi connectivity index (χ3n) is 2.99. The smallest absolute Gasteiger partial charge is 0.323 e. The lowest BCUT2D eigenvalue weighted by Crippen LogP contribution is -2.43. The van der Waals surface area contributed by atoms with Gasteiger partial charge in [-0.05, 0) is 18.2 Å². The molecule has 5 heteroatoms. The Bertz CT molecular complexity index is 563. The number of anilines is 1. The molecule has 0 radical (unpaired) electrons. The number of carbonyl (C=O) groups is 2. The summed E-state index contributed by atoms with van der Waals surface area (Å²) in [7, 11) is 0. The standard InChI is InChI=1S/C14H14N2O3/c15-10-5-4-8-14(9-10,13(18)19)12(17)16-11-6-2-1-3-7-11/h1-8H,9,15H2,(H,16,17)(H,18,19). The highest BCUT2D eigenvalue weighted by molar-refractivity contribution is 6.10. The normalized spacial score (nSPS) is 21.6. The van der Waals surface area contributed by atoms with Crippen LogP contribution < -0.4 is 11.1 Å². The molecule has 0 aliphatic heterocycles. The predicted octanol–water partition coefficient (Wildman–Crippen LogP) is 1.50. The van der Waals surface area contributed by atoms with E-state index in [1.807, 2.05) is 6.07 Å². The summed E-state index contributed by atoms with van der Waals surface area (Å²) in [6.45, 7) is 0. The number of carboxylic acids is 1. The van der Waals surface area contributed by atoms with Crippen LogP contribution in [0.1, 0.15) is 6.42 Å². The average molecular weight is 258 g/mol. The molecule has 1 aromatic rings. The van der Waals surface area contributed by atoms with Gasteiger partial charge in [-0.25, -0.2) is 0 Å². The Labute approximate surface area is 110 Å². The van der Waals surface area contributed by atoms with Gasteiger partial charge in [-0.2, -0.15) is 0 Å². The van der Waals surface area contributed by atoms with Crippen molar-refractivity contribution >= 4 is 17.6 Å². The van der Waals surface area contributed by atoms with E-state index >= 15 is 0 Å². The molecule has 1 unspecified atom stereocenters. The molecule has 5 nitrogen and oxygen atoms in total. The van der Waals surface area contributed by atoms with Crippen LogP contribution in [0.5, 0.6) is 0 Å². The van der Waals surface area contributed by atoms with Gasteiger partial charge in [0.1, 0.15) is 0 Å². The maximum absolute atomic E-state index is 12.3. The van der Waals surface area contributed by atoms with Crippen molar-refractivity contribution in [3.63, 3.8) is 0 Å². The minimum Gasteiger partial charge on any atom is -0.480 e. The number of carboxylic acid groups (broad SMARTS) is 1. The lowest BCUT2D eigenvalue weighted by molar-refractivity contribution is -0.150. The quantitative estimate of drug-likeness (QED) is 0.716. The van der Waals surface area contributed by atoms with E-state index in [0.717, 1.165) is 0 Å². The van der Waals surface area contributed by atoms with Crippen LogP contribution in [0.15, 0.2) is 54.3 Å². The second kappa shape index (κ2) is 4.97. The van der Waals surface area contributed by atoms with Gasteiger partial charge in [0.25, 0.3) is 0 Å². The van der Waals surface area contributed by atoms with Crippen LogP contribution in [0.25, 0.3) is 0 Å². The van der Waals surface area contributed by atoms with Gasteiger partial charge in [0.15, 0.2) is 5.41 Å². The Kier molecular flexibility index (Phi) is 3.37. The van der Waals surface area contributed by atoms with Crippen molar-refractivity contribution in [2.75, 3.05) is 5.32 Å². The topological polar surface area (TPSA) is 92.4 Å². The lowest BCUT2D eigenvalue weighted by Gasteiger charge is -2.27. The summed E-state index contributed by atoms with van der Waals surface area (Å²) in [4.78, 5) is 23.7. The molecular formula is C14H14N2O3. The third kappa shape index (κ3) is 2.49. The highest BCUT2D eigenvalue weighted by Crippen LogP contribution is 2.32. The summed E-state index contributed by atoms with van der Waals surface area (Å²) in [5.41, 5.74) is 4.92. The van der Waals surface area contributed by atoms with E-state index in [4.69, 9.17) is 5.73 Å². The first-order chi connectivity index (χ1) is 9.04. The van der Waals surface area contributed by atoms with E-state index in [1.165, 1.54) is 12.2 Å². The van der Waals surface area contributed by atoms with Gasteiger partial charge in [-0.3, -0.25) is 9.59 Å². The molecule has 0 aromatic heterocycles. The molecule has 2 rings (SSSR count). The number of aliphatic carboxylic acids is 1. The molecule has 0 saturated heterocycles. The summed E-state index contributed by atoms with van der Waals surface area (Å²) in [5, 5.41) is 12.0. The molecule has 19 heavy (non-hydrogen) atoms. The van der Waals surface area contributed by atoms with E-state index in [-0.39, 0.29) is 6.42 Å². The fourth-order valence-electron chi connectivity index (χ4n) is 1.94. The predicted molar refractivity (Wildman–Crippen MR) is 71.2 cm³/mol. The number of allylic oxidation sites excluding steroid dienone is 3. The maximum Gasteiger partial charge on any atom is 0.323 e. The van der Waals surface area contributed by atoms with Gasteiger partial charge in [0.2, 0.25) is 5.91 Å². The molecule has 0 spiro atoms. The van der Waals surface area contributed by atoms with Crippen LogP contribution >= 0.6 is 0 Å². The van der Waals surface area contributed by atoms with Crippen LogP contribution in [-0.4, -0.2) is 17.0 Å². The van der Waals surface area contributed by atoms with Crippen molar-refractivity contribution < 1.29 is 14.7 Å². The summed E-state index contributed by atoms with van der Waals surface area (Å²) in [6.07, 6.45) is 4.43. The second-order valence-electron chi connectivity index (χ2n) is 4.37. The molecule has 4 N–H and O–H groups in total. The van der Waals surface area contributed by atoms with E-state index < -0.39 is 17.3 Å². The zero-order valence-electron chi connectivity index (χ0n) is 10.2. The highest BCUT2D eigenvalue weighted by Gasteiger charge is 2.45. The van der Waals surface area contributed by atoms with Gasteiger partial charge >= 0.3 is 5.97 Å². The largest absolute Gasteiger partial charge is 0.480 e. The minimum atomic E-state index is -1.64. The van der Waals surface area contributed by atoms with Gasteiger partial charge < -0.3 is 16.2 Å². The van der Waals surface area contributed by atoms with Crippen LogP contribution in [0.3, 0.4) is 0 Å². The molecule has 1 aliphatic rings. The number of amides is 1. The minimum absolute atomic E-state index is 0.0303. The second-order valence-corrected chi connectivity index (χ2v) is 4.37. The van der Waals surface area contributed by atoms with Gasteiger partial charge in [0.05, 0.1) is 0 Å². The average Bonchev–Trinajstić information content (AvgIpc) is 2.39. The molecule has 1 aromatic carbocycles. The zero-order valence-corrected chi connectivity index (χ0v) is 10.2. The number of hydrogen-bond donors (Lipinski definition) is 3. The molecule has 0 bridgehead atoms. The molecule has 1 aliphatic carbocycles. The Hall–Kier alpha value is -2.56. The monoisotopic (exact) mass is 258 g/mol. The first kappa shape index (κ1) is 12.9. The number of benzene rings is 1. The molecule has 98 valence electrons. The van der Waals surface area contributed by atoms with E-state index in [1.54, 1.807) is 30.3 Å². The molecule has 1 atom stereocenters. The summed E-state index contributed by atoms with van der Waals surface area (Å²) in [6, 6.07) is 8.71. The van der Waals surface area contributed by atoms with E-state index in [9.17, 15) is 14.7 Å². The van der Waals surface area contributed by atoms with Crippen molar-refractivity contribution in [2.24, 2.45) is 11.1 Å². The van der Waals surface area contributed by atoms with E-state index in [2.05, 4.69) is 5.32 Å². The fourth-order valence-corrected chi connectivity index (χ4v) is 1.94. The number of nitrogens with one attached hydrogen (secondary N) is 1. The Morgan fingerprint density at radius 1 is 1.26 bits per heavy atom. The van der Waals surface area contributed by atoms with Crippen molar-refractivity contribution in [1.82, 2.24) is 0 Å². The van der Waals surface area contributed by atoms with E-state index in [0.29, 0.717) is 11.4 Å². The first-order valence-electron chi connectivity index (χ1n) is 5.78. The van der Waals surface area contributed by atoms with Gasteiger partial charge in [-0.1, -0.05) is 30.4 Å². The highest BCUT2D eigenvalue weighted by atomic mass is 16.4. The van der Waals surface area contributed by atoms with Crippen LogP contribution in [0.4, 0.5) is 5.69 Å². The van der Waals surface area contributed by atoms with Gasteiger partial charge in [0, 0.05) is 17.8 Å². The molecule has 1 amide bonds. The number of nitrogens with two attached hydrogens (primary N) is 1. The zero-order chi connectivity index (χ0) is 13.9. The SMILES string of the molecule is NC1=CC=CC(C(=O)O)(C(=O)Nc2ccccc2)C1. The Morgan fingerprint density at radius 3 is 2.53 bits per heavy atom. The maximum atomic E-state index is 12.3. The fraction of sp³-hybridized carbons (Fsp3) is 0.143. The number of hydrogen-bond acceptors (Lipinski definition) is 3. The van der Waals surface area contributed by atoms with Crippen LogP contribution in [0.2, 0.25) is 0 Å². The van der Waals surface area contributed by atoms with Crippen molar-refractivity contribution in [3.05, 3.63) is 54.3 Å². The Balaban J connectivity index is 2.26. The van der Waals surface area contributed by atoms with Crippen LogP contribution in [-0.2, 0) is 9.59 Å². The molecular weight excluding hydrogens is 244 g/mol. The number of rotatable bonds is 3. The van der Waals surface area contributed by atoms with Crippen molar-refractivity contribution in [1.29, 1.82) is 0 Å². The van der Waals surface area contributed by atoms with Gasteiger partial charge in [-0.15, -0.1) is 0 Å². The summed E-state index contributed by atoms with van der Waals surface area (Å²) >= 11 is 0. The van der Waals surface area contributed by atoms with Crippen LogP contribution in [0, 0.1) is 5.41 Å². The number of carbonyl (C=O) groups excluding carboxylic acids is 1. The third-order valence-corrected chi connectivity index (χ3v) is 2.99. The molecule has 0 heterocycles. The first-order valence-corrected chi connectivity index (χ1v) is 5.78. The Morgan fingerprint density at radius 2 is 1.95 bits per heavy atom. The summed E-state index contributed by atoms with van der Waals surface area (Å²) < 4.78 is 0. The number of para-hydroxylation sites is 1. The molecule has 0 saturated carbocycles. The lowest BCUT2D eigenvalue weighted by atomic mass is 9.79.